The number of carbonyl (C=O) groups excluding carboxylic acids is 2. The molecule has 0 bridgehead atoms. The molecule has 0 fully saturated rings. The number of ether oxygens (including phenoxy) is 2. The molecule has 2 aromatic carbocycles. The smallest absolute Gasteiger partial charge is 0.482 e. The fourth-order valence-corrected chi connectivity index (χ4v) is 3.97. The maximum Gasteiger partial charge on any atom is 0.516 e. The van der Waals surface area contributed by atoms with E-state index in [1.165, 1.54) is 36.4 Å². The molecule has 0 aliphatic rings. The van der Waals surface area contributed by atoms with Crippen LogP contribution in [0.2, 0.25) is 0 Å². The van der Waals surface area contributed by atoms with Crippen molar-refractivity contribution in [3.8, 4) is 28.5 Å². The number of hydrogen-bond acceptors (Lipinski definition) is 11. The minimum atomic E-state index is -5.76. The number of halogens is 3. The molecule has 46 heavy (non-hydrogen) atoms. The quantitative estimate of drug-likeness (QED) is 0.0960. The van der Waals surface area contributed by atoms with Crippen LogP contribution in [0.15, 0.2) is 78.9 Å². The van der Waals surface area contributed by atoms with Gasteiger partial charge in [-0.2, -0.15) is 26.5 Å². The lowest BCUT2D eigenvalue weighted by Crippen LogP contribution is -2.30. The van der Waals surface area contributed by atoms with Crippen LogP contribution in [0.4, 0.5) is 18.9 Å². The summed E-state index contributed by atoms with van der Waals surface area (Å²) in [4.78, 5) is 45.5. The van der Waals surface area contributed by atoms with Crippen molar-refractivity contribution in [3.05, 3.63) is 84.7 Å². The van der Waals surface area contributed by atoms with E-state index in [1.54, 1.807) is 48.9 Å². The van der Waals surface area contributed by atoms with Crippen LogP contribution >= 0.6 is 0 Å². The van der Waals surface area contributed by atoms with Gasteiger partial charge in [0.25, 0.3) is 0 Å². The number of nitrogens with one attached hydrogen (secondary N) is 1. The summed E-state index contributed by atoms with van der Waals surface area (Å²) in [7, 11) is -5.76. The molecule has 0 spiro atoms. The van der Waals surface area contributed by atoms with Crippen molar-refractivity contribution < 1.29 is 50.4 Å². The molecule has 3 rings (SSSR count). The van der Waals surface area contributed by atoms with E-state index in [2.05, 4.69) is 26.4 Å². The summed E-state index contributed by atoms with van der Waals surface area (Å²) in [5.74, 6) is -0.776. The molecule has 0 unspecified atom stereocenters. The normalized spacial score (nSPS) is 12.1. The maximum atomic E-state index is 13.2. The van der Waals surface area contributed by atoms with E-state index in [0.717, 1.165) is 6.07 Å². The molecule has 1 heterocycles. The molecule has 1 aromatic heterocycles. The predicted octanol–water partition coefficient (Wildman–Crippen LogP) is 5.42. The molecule has 0 atom stereocenters. The Hall–Kier alpha value is -5.09. The van der Waals surface area contributed by atoms with Crippen LogP contribution in [0.3, 0.4) is 0 Å². The van der Waals surface area contributed by atoms with Gasteiger partial charge in [-0.15, -0.1) is 0 Å². The second kappa shape index (κ2) is 16.3. The second-order valence-corrected chi connectivity index (χ2v) is 10.6. The number of rotatable bonds is 15. The summed E-state index contributed by atoms with van der Waals surface area (Å²) in [5, 5.41) is 0. The number of alkyl halides is 3. The number of nitrogens with zero attached hydrogens (tertiary/aromatic N) is 3. The van der Waals surface area contributed by atoms with Gasteiger partial charge in [-0.05, 0) is 55.0 Å². The first-order valence-electron chi connectivity index (χ1n) is 13.5. The summed E-state index contributed by atoms with van der Waals surface area (Å²) in [5.41, 5.74) is -5.09. The molecule has 0 aliphatic carbocycles. The number of allylic oxidation sites excluding steroid dienone is 2. The molecule has 3 aromatic rings. The molecule has 12 nitrogen and oxygen atoms in total. The summed E-state index contributed by atoms with van der Waals surface area (Å²) in [6, 6.07) is 11.5. The number of anilines is 1. The van der Waals surface area contributed by atoms with E-state index in [9.17, 15) is 31.2 Å². The zero-order chi connectivity index (χ0) is 33.7. The molecule has 1 N–H and O–H groups in total. The number of para-hydroxylation sites is 1. The Bertz CT molecular complexity index is 1710. The zero-order valence-corrected chi connectivity index (χ0v) is 25.4. The van der Waals surface area contributed by atoms with Crippen molar-refractivity contribution >= 4 is 33.7 Å². The standard InChI is InChI=1S/C30H29F3N4O8S/c1-4-20(18-44-45-26(38)5-2)10-9-13-25-34-28(21-14-16-22(17-15-21)43-19-27(39)42-6-3)36-29(35-25)23-11-7-8-12-24(23)37-46(40,41)30(31,32)33/h4,7-17,37H,1,5-6,18-19H2,2-3H3/b13-9+,20-10+. The summed E-state index contributed by atoms with van der Waals surface area (Å²) in [6.45, 7) is 6.73. The van der Waals surface area contributed by atoms with Crippen molar-refractivity contribution in [2.24, 2.45) is 0 Å². The molecule has 0 saturated carbocycles. The van der Waals surface area contributed by atoms with Crippen LogP contribution in [-0.4, -0.2) is 60.6 Å². The van der Waals surface area contributed by atoms with Gasteiger partial charge in [-0.1, -0.05) is 43.9 Å². The van der Waals surface area contributed by atoms with E-state index in [-0.39, 0.29) is 49.3 Å². The third kappa shape index (κ3) is 10.2. The lowest BCUT2D eigenvalue weighted by Gasteiger charge is -2.14. The Kier molecular flexibility index (Phi) is 12.5. The van der Waals surface area contributed by atoms with Crippen LogP contribution in [0.25, 0.3) is 28.9 Å². The second-order valence-electron chi connectivity index (χ2n) is 8.93. The maximum absolute atomic E-state index is 13.2. The lowest BCUT2D eigenvalue weighted by atomic mass is 10.1. The fraction of sp³-hybridized carbons (Fsp3) is 0.233. The highest BCUT2D eigenvalue weighted by Gasteiger charge is 2.46. The van der Waals surface area contributed by atoms with Gasteiger partial charge in [0.2, 0.25) is 0 Å². The van der Waals surface area contributed by atoms with E-state index in [1.807, 2.05) is 0 Å². The molecule has 244 valence electrons. The van der Waals surface area contributed by atoms with E-state index < -0.39 is 33.2 Å². The fourth-order valence-electron chi connectivity index (χ4n) is 3.39. The highest BCUT2D eigenvalue weighted by Crippen LogP contribution is 2.32. The molecule has 0 radical (unpaired) electrons. The number of sulfonamides is 1. The van der Waals surface area contributed by atoms with Crippen molar-refractivity contribution in [3.63, 3.8) is 0 Å². The lowest BCUT2D eigenvalue weighted by molar-refractivity contribution is -0.266. The predicted molar refractivity (Wildman–Crippen MR) is 161 cm³/mol. The highest BCUT2D eigenvalue weighted by molar-refractivity contribution is 7.93. The SMILES string of the molecule is C=C/C(=C\C=C\c1nc(-c2ccc(OCC(=O)OCC)cc2)nc(-c2ccccc2NS(=O)(=O)C(F)(F)F)n1)COOC(=O)CC. The summed E-state index contributed by atoms with van der Waals surface area (Å²) in [6.07, 6.45) is 6.13. The van der Waals surface area contributed by atoms with Gasteiger partial charge >= 0.3 is 27.5 Å². The molecule has 0 aliphatic heterocycles. The number of hydrogen-bond donors (Lipinski definition) is 1. The Labute approximate surface area is 262 Å². The highest BCUT2D eigenvalue weighted by atomic mass is 32.2. The monoisotopic (exact) mass is 662 g/mol. The number of carbonyl (C=O) groups is 2. The summed E-state index contributed by atoms with van der Waals surface area (Å²) < 4.78 is 75.0. The minimum absolute atomic E-state index is 0.0501. The molecule has 16 heteroatoms. The number of benzene rings is 2. The Morgan fingerprint density at radius 2 is 1.65 bits per heavy atom. The van der Waals surface area contributed by atoms with Gasteiger partial charge < -0.3 is 9.47 Å². The average molecular weight is 663 g/mol. The summed E-state index contributed by atoms with van der Waals surface area (Å²) >= 11 is 0. The van der Waals surface area contributed by atoms with Gasteiger partial charge in [0.1, 0.15) is 12.4 Å². The van der Waals surface area contributed by atoms with Crippen LogP contribution in [0.1, 0.15) is 26.1 Å². The van der Waals surface area contributed by atoms with Crippen molar-refractivity contribution in [1.82, 2.24) is 15.0 Å². The Balaban J connectivity index is 2.02. The first kappa shape index (κ1) is 35.4. The first-order valence-corrected chi connectivity index (χ1v) is 15.0. The van der Waals surface area contributed by atoms with E-state index >= 15 is 0 Å². The molecule has 0 saturated heterocycles. The number of esters is 1. The van der Waals surface area contributed by atoms with Crippen LogP contribution in [0.5, 0.6) is 5.75 Å². The van der Waals surface area contributed by atoms with Crippen LogP contribution < -0.4 is 9.46 Å². The van der Waals surface area contributed by atoms with Crippen molar-refractivity contribution in [2.45, 2.75) is 25.8 Å². The van der Waals surface area contributed by atoms with Gasteiger partial charge in [-0.25, -0.2) is 24.5 Å². The molecule has 0 amide bonds. The molecular formula is C30H29F3N4O8S. The topological polar surface area (TPSA) is 156 Å². The molecular weight excluding hydrogens is 633 g/mol. The third-order valence-electron chi connectivity index (χ3n) is 5.63. The van der Waals surface area contributed by atoms with Crippen LogP contribution in [-0.2, 0) is 34.1 Å². The van der Waals surface area contributed by atoms with Gasteiger partial charge in [0.15, 0.2) is 24.1 Å². The van der Waals surface area contributed by atoms with Gasteiger partial charge in [0, 0.05) is 17.5 Å². The largest absolute Gasteiger partial charge is 0.516 e. The first-order chi connectivity index (χ1) is 21.9. The van der Waals surface area contributed by atoms with Gasteiger partial charge in [-0.3, -0.25) is 9.61 Å². The number of aromatic nitrogens is 3. The average Bonchev–Trinajstić information content (AvgIpc) is 3.02. The van der Waals surface area contributed by atoms with Crippen LogP contribution in [0, 0.1) is 0 Å². The third-order valence-corrected chi connectivity index (χ3v) is 6.73. The van der Waals surface area contributed by atoms with Crippen molar-refractivity contribution in [1.29, 1.82) is 0 Å². The van der Waals surface area contributed by atoms with Crippen molar-refractivity contribution in [2.75, 3.05) is 24.5 Å². The van der Waals surface area contributed by atoms with E-state index in [0.29, 0.717) is 16.9 Å². The Morgan fingerprint density at radius 1 is 0.957 bits per heavy atom. The minimum Gasteiger partial charge on any atom is -0.482 e. The Morgan fingerprint density at radius 3 is 2.30 bits per heavy atom. The van der Waals surface area contributed by atoms with E-state index in [4.69, 9.17) is 14.4 Å². The van der Waals surface area contributed by atoms with Gasteiger partial charge in [0.05, 0.1) is 12.3 Å². The zero-order valence-electron chi connectivity index (χ0n) is 24.6.